The van der Waals surface area contributed by atoms with Gasteiger partial charge in [-0.05, 0) is 75.3 Å². The van der Waals surface area contributed by atoms with Gasteiger partial charge in [0.05, 0.1) is 12.2 Å². The quantitative estimate of drug-likeness (QED) is 0.324. The molecule has 0 saturated heterocycles. The molecule has 0 N–H and O–H groups in total. The first-order chi connectivity index (χ1) is 14.6. The molecule has 0 aromatic heterocycles. The van der Waals surface area contributed by atoms with Gasteiger partial charge in [-0.2, -0.15) is 4.39 Å². The van der Waals surface area contributed by atoms with E-state index in [2.05, 4.69) is 18.8 Å². The highest BCUT2D eigenvalue weighted by Crippen LogP contribution is 2.42. The monoisotopic (exact) mass is 416 g/mol. The number of hydrogen-bond acceptors (Lipinski definition) is 1. The molecule has 0 bridgehead atoms. The maximum atomic E-state index is 14.2. The molecular formula is C27H38F2O. The van der Waals surface area contributed by atoms with Crippen molar-refractivity contribution in [3.8, 4) is 17.6 Å². The van der Waals surface area contributed by atoms with Crippen LogP contribution in [0.1, 0.15) is 96.5 Å². The summed E-state index contributed by atoms with van der Waals surface area (Å²) >= 11 is 0. The number of ether oxygens (including phenoxy) is 1. The number of halogens is 2. The molecule has 1 aromatic carbocycles. The molecule has 2 aliphatic carbocycles. The standard InChI is InChI=1S/C27H38F2O/c1-3-5-6-7-20-8-13-22(14-9-20)23-15-10-21(11-16-23)12-17-24-18-19-25(30-4-2)27(29)26(24)28/h18-23H,3-11,13-16H2,1-2H3/t20-,21?,22-,23?. The van der Waals surface area contributed by atoms with Crippen molar-refractivity contribution in [3.63, 3.8) is 0 Å². The number of unbranched alkanes of at least 4 members (excludes halogenated alkanes) is 2. The third-order valence-corrected chi connectivity index (χ3v) is 7.30. The Morgan fingerprint density at radius 3 is 2.17 bits per heavy atom. The fourth-order valence-electron chi connectivity index (χ4n) is 5.44. The average molecular weight is 417 g/mol. The summed E-state index contributed by atoms with van der Waals surface area (Å²) in [7, 11) is 0. The van der Waals surface area contributed by atoms with Gasteiger partial charge in [0.1, 0.15) is 0 Å². The molecule has 0 heterocycles. The van der Waals surface area contributed by atoms with Crippen LogP contribution in [0.15, 0.2) is 12.1 Å². The average Bonchev–Trinajstić information content (AvgIpc) is 2.78. The molecule has 2 fully saturated rings. The van der Waals surface area contributed by atoms with Gasteiger partial charge in [-0.3, -0.25) is 0 Å². The molecule has 0 radical (unpaired) electrons. The predicted octanol–water partition coefficient (Wildman–Crippen LogP) is 7.91. The summed E-state index contributed by atoms with van der Waals surface area (Å²) in [6.45, 7) is 4.34. The van der Waals surface area contributed by atoms with Crippen molar-refractivity contribution in [1.29, 1.82) is 0 Å². The highest BCUT2D eigenvalue weighted by Gasteiger charge is 2.30. The van der Waals surface area contributed by atoms with Crippen LogP contribution in [-0.4, -0.2) is 6.61 Å². The molecule has 30 heavy (non-hydrogen) atoms. The van der Waals surface area contributed by atoms with Crippen molar-refractivity contribution in [2.45, 2.75) is 90.9 Å². The zero-order valence-corrected chi connectivity index (χ0v) is 18.8. The van der Waals surface area contributed by atoms with Gasteiger partial charge in [-0.15, -0.1) is 0 Å². The van der Waals surface area contributed by atoms with Crippen molar-refractivity contribution in [3.05, 3.63) is 29.3 Å². The molecule has 1 aromatic rings. The minimum Gasteiger partial charge on any atom is -0.491 e. The summed E-state index contributed by atoms with van der Waals surface area (Å²) < 4.78 is 33.3. The molecule has 166 valence electrons. The first-order valence-corrected chi connectivity index (χ1v) is 12.2. The lowest BCUT2D eigenvalue weighted by atomic mass is 9.69. The van der Waals surface area contributed by atoms with E-state index in [9.17, 15) is 8.78 Å². The Morgan fingerprint density at radius 1 is 0.867 bits per heavy atom. The largest absolute Gasteiger partial charge is 0.491 e. The van der Waals surface area contributed by atoms with Crippen molar-refractivity contribution in [1.82, 2.24) is 0 Å². The molecule has 0 atom stereocenters. The lowest BCUT2D eigenvalue weighted by Gasteiger charge is -2.37. The van der Waals surface area contributed by atoms with Crippen LogP contribution in [0, 0.1) is 47.1 Å². The van der Waals surface area contributed by atoms with Gasteiger partial charge in [0.2, 0.25) is 5.82 Å². The van der Waals surface area contributed by atoms with Crippen LogP contribution in [0.5, 0.6) is 5.75 Å². The molecule has 2 saturated carbocycles. The van der Waals surface area contributed by atoms with E-state index in [0.29, 0.717) is 12.5 Å². The van der Waals surface area contributed by atoms with Crippen LogP contribution in [0.3, 0.4) is 0 Å². The highest BCUT2D eigenvalue weighted by atomic mass is 19.2. The van der Waals surface area contributed by atoms with Gasteiger partial charge in [-0.25, -0.2) is 4.39 Å². The highest BCUT2D eigenvalue weighted by molar-refractivity contribution is 5.41. The Balaban J connectivity index is 1.45. The van der Waals surface area contributed by atoms with Gasteiger partial charge in [-0.1, -0.05) is 57.3 Å². The van der Waals surface area contributed by atoms with E-state index in [-0.39, 0.29) is 11.3 Å². The summed E-state index contributed by atoms with van der Waals surface area (Å²) in [6.07, 6.45) is 15.9. The van der Waals surface area contributed by atoms with Crippen LogP contribution >= 0.6 is 0 Å². The fourth-order valence-corrected chi connectivity index (χ4v) is 5.44. The molecule has 0 spiro atoms. The van der Waals surface area contributed by atoms with E-state index in [1.807, 2.05) is 0 Å². The Morgan fingerprint density at radius 2 is 1.53 bits per heavy atom. The van der Waals surface area contributed by atoms with Crippen molar-refractivity contribution in [2.75, 3.05) is 6.61 Å². The predicted molar refractivity (Wildman–Crippen MR) is 119 cm³/mol. The summed E-state index contributed by atoms with van der Waals surface area (Å²) in [5, 5.41) is 0. The topological polar surface area (TPSA) is 9.23 Å². The Labute approximate surface area is 182 Å². The van der Waals surface area contributed by atoms with Gasteiger partial charge in [0.15, 0.2) is 11.6 Å². The van der Waals surface area contributed by atoms with E-state index in [1.165, 1.54) is 76.3 Å². The third-order valence-electron chi connectivity index (χ3n) is 7.30. The summed E-state index contributed by atoms with van der Waals surface area (Å²) in [4.78, 5) is 0. The minimum absolute atomic E-state index is 0.0406. The lowest BCUT2D eigenvalue weighted by molar-refractivity contribution is 0.153. The van der Waals surface area contributed by atoms with Crippen molar-refractivity contribution < 1.29 is 13.5 Å². The molecule has 1 nitrogen and oxygen atoms in total. The molecule has 0 aliphatic heterocycles. The van der Waals surface area contributed by atoms with Gasteiger partial charge in [0, 0.05) is 5.92 Å². The van der Waals surface area contributed by atoms with Crippen LogP contribution < -0.4 is 4.74 Å². The van der Waals surface area contributed by atoms with Crippen LogP contribution in [-0.2, 0) is 0 Å². The summed E-state index contributed by atoms with van der Waals surface area (Å²) in [5.74, 6) is 7.28. The second-order valence-electron chi connectivity index (χ2n) is 9.33. The van der Waals surface area contributed by atoms with E-state index in [4.69, 9.17) is 4.74 Å². The maximum Gasteiger partial charge on any atom is 0.201 e. The van der Waals surface area contributed by atoms with Crippen LogP contribution in [0.2, 0.25) is 0 Å². The SMILES string of the molecule is CCCCC[C@H]1CC[C@H](C2CCC(C#Cc3ccc(OCC)c(F)c3F)CC2)CC1. The number of hydrogen-bond donors (Lipinski definition) is 0. The molecule has 3 rings (SSSR count). The fraction of sp³-hybridized carbons (Fsp3) is 0.704. The van der Waals surface area contributed by atoms with E-state index < -0.39 is 11.6 Å². The molecule has 2 aliphatic rings. The Kier molecular flexibility index (Phi) is 9.04. The van der Waals surface area contributed by atoms with Crippen molar-refractivity contribution >= 4 is 0 Å². The Bertz CT molecular complexity index is 716. The van der Waals surface area contributed by atoms with Gasteiger partial charge in [0.25, 0.3) is 0 Å². The zero-order chi connectivity index (χ0) is 21.3. The first kappa shape index (κ1) is 23.1. The Hall–Kier alpha value is -1.56. The zero-order valence-electron chi connectivity index (χ0n) is 18.8. The van der Waals surface area contributed by atoms with Gasteiger partial charge >= 0.3 is 0 Å². The third kappa shape index (κ3) is 6.22. The molecule has 0 unspecified atom stereocenters. The maximum absolute atomic E-state index is 14.2. The van der Waals surface area contributed by atoms with E-state index in [0.717, 1.165) is 30.6 Å². The second kappa shape index (κ2) is 11.7. The van der Waals surface area contributed by atoms with Gasteiger partial charge < -0.3 is 4.74 Å². The number of rotatable bonds is 7. The van der Waals surface area contributed by atoms with Crippen molar-refractivity contribution in [2.24, 2.45) is 23.7 Å². The second-order valence-corrected chi connectivity index (χ2v) is 9.33. The lowest BCUT2D eigenvalue weighted by Crippen LogP contribution is -2.25. The van der Waals surface area contributed by atoms with E-state index in [1.54, 1.807) is 6.92 Å². The van der Waals surface area contributed by atoms with Crippen LogP contribution in [0.25, 0.3) is 0 Å². The van der Waals surface area contributed by atoms with Crippen LogP contribution in [0.4, 0.5) is 8.78 Å². The molecule has 0 amide bonds. The first-order valence-electron chi connectivity index (χ1n) is 12.2. The number of benzene rings is 1. The smallest absolute Gasteiger partial charge is 0.201 e. The summed E-state index contributed by atoms with van der Waals surface area (Å²) in [6, 6.07) is 3.00. The molecular weight excluding hydrogens is 378 g/mol. The minimum atomic E-state index is -0.933. The summed E-state index contributed by atoms with van der Waals surface area (Å²) in [5.41, 5.74) is 0.138. The molecule has 3 heteroatoms. The van der Waals surface area contributed by atoms with E-state index >= 15 is 0 Å². The normalized spacial score (nSPS) is 26.7.